The Labute approximate surface area is 211 Å². The maximum absolute atomic E-state index is 12.3. The first kappa shape index (κ1) is 26.1. The molecule has 0 spiro atoms. The Morgan fingerprint density at radius 3 is 2.53 bits per heavy atom. The van der Waals surface area contributed by atoms with E-state index in [0.29, 0.717) is 36.5 Å². The molecule has 0 radical (unpaired) electrons. The molecule has 0 aromatic heterocycles. The minimum absolute atomic E-state index is 0. The Hall–Kier alpha value is -2.20. The van der Waals surface area contributed by atoms with E-state index in [2.05, 4.69) is 20.9 Å². The molecule has 9 heteroatoms. The molecule has 32 heavy (non-hydrogen) atoms. The van der Waals surface area contributed by atoms with Gasteiger partial charge in [0.25, 0.3) is 0 Å². The number of rotatable bonds is 5. The minimum atomic E-state index is -0.310. The molecular weight excluding hydrogens is 543 g/mol. The zero-order valence-corrected chi connectivity index (χ0v) is 21.6. The van der Waals surface area contributed by atoms with Crippen LogP contribution in [0, 0.1) is 0 Å². The molecule has 2 aromatic rings. The Morgan fingerprint density at radius 2 is 1.81 bits per heavy atom. The average Bonchev–Trinajstić information content (AvgIpc) is 2.95. The highest BCUT2D eigenvalue weighted by atomic mass is 127. The van der Waals surface area contributed by atoms with Crippen LogP contribution in [-0.2, 0) is 11.3 Å². The molecule has 0 unspecified atom stereocenters. The number of hydrogen-bond acceptors (Lipinski definition) is 4. The summed E-state index contributed by atoms with van der Waals surface area (Å²) < 4.78 is 11.4. The molecule has 0 bridgehead atoms. The number of hydrogen-bond donors (Lipinski definition) is 3. The number of fused-ring (bicyclic) bond motifs is 1. The van der Waals surface area contributed by atoms with Gasteiger partial charge in [0, 0.05) is 28.7 Å². The topological polar surface area (TPSA) is 84.0 Å². The van der Waals surface area contributed by atoms with Crippen molar-refractivity contribution in [3.63, 3.8) is 0 Å². The van der Waals surface area contributed by atoms with Crippen molar-refractivity contribution in [1.82, 2.24) is 10.6 Å². The zero-order chi connectivity index (χ0) is 22.3. The Morgan fingerprint density at radius 1 is 1.09 bits per heavy atom. The van der Waals surface area contributed by atoms with E-state index in [0.717, 1.165) is 23.4 Å². The number of aliphatic imine (C=N–C) groups is 1. The van der Waals surface area contributed by atoms with Crippen LogP contribution in [0.2, 0.25) is 5.02 Å². The zero-order valence-electron chi connectivity index (χ0n) is 18.5. The number of guanidine groups is 1. The molecule has 2 aromatic carbocycles. The summed E-state index contributed by atoms with van der Waals surface area (Å²) in [5.41, 5.74) is 1.35. The number of nitrogens with zero attached hydrogens (tertiary/aromatic N) is 1. The van der Waals surface area contributed by atoms with Crippen molar-refractivity contribution in [1.29, 1.82) is 0 Å². The number of amides is 1. The second kappa shape index (κ2) is 12.2. The molecule has 1 aliphatic heterocycles. The minimum Gasteiger partial charge on any atom is -0.490 e. The van der Waals surface area contributed by atoms with E-state index in [4.69, 9.17) is 21.1 Å². The molecule has 3 N–H and O–H groups in total. The van der Waals surface area contributed by atoms with Gasteiger partial charge in [-0.3, -0.25) is 4.79 Å². The third-order valence-corrected chi connectivity index (χ3v) is 4.68. The van der Waals surface area contributed by atoms with Crippen LogP contribution in [0.15, 0.2) is 47.5 Å². The molecule has 0 aliphatic carbocycles. The average molecular weight is 573 g/mol. The molecule has 1 heterocycles. The van der Waals surface area contributed by atoms with Gasteiger partial charge in [0.15, 0.2) is 17.5 Å². The van der Waals surface area contributed by atoms with Crippen LogP contribution < -0.4 is 25.4 Å². The third kappa shape index (κ3) is 8.38. The van der Waals surface area contributed by atoms with Crippen LogP contribution in [0.3, 0.4) is 0 Å². The van der Waals surface area contributed by atoms with Crippen LogP contribution in [0.4, 0.5) is 5.69 Å². The first-order chi connectivity index (χ1) is 14.8. The van der Waals surface area contributed by atoms with Crippen molar-refractivity contribution in [3.05, 3.63) is 53.1 Å². The highest BCUT2D eigenvalue weighted by Crippen LogP contribution is 2.32. The molecular formula is C23H30ClIN4O3. The monoisotopic (exact) mass is 572 g/mol. The lowest BCUT2D eigenvalue weighted by molar-refractivity contribution is -0.121. The molecule has 0 saturated heterocycles. The molecule has 3 rings (SSSR count). The van der Waals surface area contributed by atoms with Crippen molar-refractivity contribution in [2.75, 3.05) is 25.1 Å². The van der Waals surface area contributed by atoms with E-state index in [1.165, 1.54) is 0 Å². The lowest BCUT2D eigenvalue weighted by Crippen LogP contribution is -2.46. The molecule has 1 aliphatic rings. The Kier molecular flexibility index (Phi) is 9.89. The van der Waals surface area contributed by atoms with Gasteiger partial charge in [-0.2, -0.15) is 0 Å². The Bertz CT molecular complexity index is 947. The summed E-state index contributed by atoms with van der Waals surface area (Å²) in [6, 6.07) is 13.1. The van der Waals surface area contributed by atoms with E-state index in [-0.39, 0.29) is 42.0 Å². The largest absolute Gasteiger partial charge is 0.490 e. The maximum Gasteiger partial charge on any atom is 0.239 e. The molecule has 0 atom stereocenters. The predicted octanol–water partition coefficient (Wildman–Crippen LogP) is 4.59. The van der Waals surface area contributed by atoms with E-state index in [9.17, 15) is 4.79 Å². The number of carbonyl (C=O) groups excluding carboxylic acids is 1. The summed E-state index contributed by atoms with van der Waals surface area (Å²) in [5.74, 6) is 1.73. The van der Waals surface area contributed by atoms with Crippen molar-refractivity contribution < 1.29 is 14.3 Å². The number of anilines is 1. The van der Waals surface area contributed by atoms with Gasteiger partial charge in [0.1, 0.15) is 0 Å². The number of ether oxygens (including phenoxy) is 2. The van der Waals surface area contributed by atoms with Gasteiger partial charge in [-0.25, -0.2) is 4.99 Å². The fraction of sp³-hybridized carbons (Fsp3) is 0.391. The summed E-state index contributed by atoms with van der Waals surface area (Å²) in [6.45, 7) is 7.49. The second-order valence-corrected chi connectivity index (χ2v) is 8.65. The summed E-state index contributed by atoms with van der Waals surface area (Å²) >= 11 is 6.26. The standard InChI is InChI=1S/C23H29ClN4O3.HI/c1-23(2,3)28-21(29)15-26-22(25-14-16-7-4-5-8-18(16)24)27-17-9-10-19-20(13-17)31-12-6-11-30-19;/h4-5,7-10,13H,6,11-12,14-15H2,1-3H3,(H,28,29)(H2,25,26,27);1H. The Balaban J connectivity index is 0.00000363. The maximum atomic E-state index is 12.3. The van der Waals surface area contributed by atoms with Crippen molar-refractivity contribution in [3.8, 4) is 11.5 Å². The smallest absolute Gasteiger partial charge is 0.239 e. The van der Waals surface area contributed by atoms with Crippen molar-refractivity contribution in [2.24, 2.45) is 4.99 Å². The molecule has 0 saturated carbocycles. The molecule has 0 fully saturated rings. The van der Waals surface area contributed by atoms with Crippen LogP contribution in [0.25, 0.3) is 0 Å². The molecule has 1 amide bonds. The van der Waals surface area contributed by atoms with Gasteiger partial charge in [0.2, 0.25) is 5.91 Å². The van der Waals surface area contributed by atoms with E-state index in [1.807, 2.05) is 63.2 Å². The van der Waals surface area contributed by atoms with Gasteiger partial charge in [-0.1, -0.05) is 29.8 Å². The molecule has 7 nitrogen and oxygen atoms in total. The van der Waals surface area contributed by atoms with Gasteiger partial charge >= 0.3 is 0 Å². The summed E-state index contributed by atoms with van der Waals surface area (Å²) in [7, 11) is 0. The summed E-state index contributed by atoms with van der Waals surface area (Å²) in [5, 5.41) is 9.89. The lowest BCUT2D eigenvalue weighted by Gasteiger charge is -2.21. The van der Waals surface area contributed by atoms with Gasteiger partial charge in [0.05, 0.1) is 26.3 Å². The first-order valence-corrected chi connectivity index (χ1v) is 10.7. The second-order valence-electron chi connectivity index (χ2n) is 8.24. The van der Waals surface area contributed by atoms with Gasteiger partial charge in [-0.15, -0.1) is 24.0 Å². The number of carbonyl (C=O) groups is 1. The van der Waals surface area contributed by atoms with Crippen molar-refractivity contribution in [2.45, 2.75) is 39.3 Å². The fourth-order valence-electron chi connectivity index (χ4n) is 2.93. The van der Waals surface area contributed by atoms with Crippen LogP contribution in [-0.4, -0.2) is 37.2 Å². The fourth-order valence-corrected chi connectivity index (χ4v) is 3.13. The lowest BCUT2D eigenvalue weighted by atomic mass is 10.1. The highest BCUT2D eigenvalue weighted by Gasteiger charge is 2.15. The highest BCUT2D eigenvalue weighted by molar-refractivity contribution is 14.0. The first-order valence-electron chi connectivity index (χ1n) is 10.3. The molecule has 174 valence electrons. The quantitative estimate of drug-likeness (QED) is 0.277. The van der Waals surface area contributed by atoms with E-state index >= 15 is 0 Å². The normalized spacial score (nSPS) is 13.4. The van der Waals surface area contributed by atoms with Crippen LogP contribution >= 0.6 is 35.6 Å². The third-order valence-electron chi connectivity index (χ3n) is 4.31. The predicted molar refractivity (Wildman–Crippen MR) is 140 cm³/mol. The SMILES string of the molecule is CC(C)(C)NC(=O)CNC(=NCc1ccccc1Cl)Nc1ccc2c(c1)OCCCO2.I. The number of halogens is 2. The van der Waals surface area contributed by atoms with E-state index < -0.39 is 0 Å². The number of benzene rings is 2. The van der Waals surface area contributed by atoms with Crippen LogP contribution in [0.5, 0.6) is 11.5 Å². The summed E-state index contributed by atoms with van der Waals surface area (Å²) in [4.78, 5) is 16.9. The van der Waals surface area contributed by atoms with Gasteiger partial charge < -0.3 is 25.4 Å². The summed E-state index contributed by atoms with van der Waals surface area (Å²) in [6.07, 6.45) is 0.840. The number of nitrogens with one attached hydrogen (secondary N) is 3. The van der Waals surface area contributed by atoms with Gasteiger partial charge in [-0.05, 0) is 44.5 Å². The van der Waals surface area contributed by atoms with Crippen LogP contribution in [0.1, 0.15) is 32.8 Å². The van der Waals surface area contributed by atoms with Crippen molar-refractivity contribution >= 4 is 53.1 Å². The van der Waals surface area contributed by atoms with E-state index in [1.54, 1.807) is 0 Å².